The van der Waals surface area contributed by atoms with Crippen molar-refractivity contribution in [3.05, 3.63) is 18.2 Å². The summed E-state index contributed by atoms with van der Waals surface area (Å²) < 4.78 is 0. The summed E-state index contributed by atoms with van der Waals surface area (Å²) in [6.07, 6.45) is 5.83. The highest BCUT2D eigenvalue weighted by Gasteiger charge is 2.18. The summed E-state index contributed by atoms with van der Waals surface area (Å²) in [4.78, 5) is 18.9. The minimum Gasteiger partial charge on any atom is -0.347 e. The smallest absolute Gasteiger partial charge is 0.237 e. The molecule has 90 valence electrons. The Morgan fingerprint density at radius 3 is 2.88 bits per heavy atom. The third-order valence-electron chi connectivity index (χ3n) is 2.51. The first-order chi connectivity index (χ1) is 7.69. The zero-order valence-corrected chi connectivity index (χ0v) is 9.86. The number of nitrogens with two attached hydrogens (primary N) is 1. The maximum Gasteiger partial charge on any atom is 0.237 e. The van der Waals surface area contributed by atoms with Crippen LogP contribution in [0.5, 0.6) is 0 Å². The lowest BCUT2D eigenvalue weighted by Crippen LogP contribution is -2.42. The average Bonchev–Trinajstić information content (AvgIpc) is 2.79. The summed E-state index contributed by atoms with van der Waals surface area (Å²) in [7, 11) is 0. The van der Waals surface area contributed by atoms with E-state index in [0.29, 0.717) is 6.42 Å². The molecule has 1 unspecified atom stereocenters. The molecule has 0 saturated heterocycles. The summed E-state index contributed by atoms with van der Waals surface area (Å²) in [6, 6.07) is -0.501. The van der Waals surface area contributed by atoms with Gasteiger partial charge in [0, 0.05) is 12.4 Å². The van der Waals surface area contributed by atoms with E-state index in [0.717, 1.165) is 18.7 Å². The van der Waals surface area contributed by atoms with Crippen LogP contribution in [0.15, 0.2) is 12.4 Å². The highest BCUT2D eigenvalue weighted by atomic mass is 16.2. The number of amides is 1. The third kappa shape index (κ3) is 3.34. The lowest BCUT2D eigenvalue weighted by Gasteiger charge is -2.17. The number of imidazole rings is 1. The zero-order chi connectivity index (χ0) is 12.0. The van der Waals surface area contributed by atoms with Crippen molar-refractivity contribution in [2.45, 2.75) is 45.2 Å². The van der Waals surface area contributed by atoms with Crippen molar-refractivity contribution in [3.63, 3.8) is 0 Å². The molecule has 0 aromatic carbocycles. The van der Waals surface area contributed by atoms with E-state index >= 15 is 0 Å². The van der Waals surface area contributed by atoms with Crippen LogP contribution in [0.2, 0.25) is 0 Å². The van der Waals surface area contributed by atoms with Crippen molar-refractivity contribution in [1.82, 2.24) is 15.3 Å². The number of rotatable bonds is 6. The molecule has 2 atom stereocenters. The van der Waals surface area contributed by atoms with Crippen LogP contribution in [0.3, 0.4) is 0 Å². The molecule has 0 fully saturated rings. The molecule has 16 heavy (non-hydrogen) atoms. The molecule has 0 spiro atoms. The predicted molar refractivity (Wildman–Crippen MR) is 62.6 cm³/mol. The van der Waals surface area contributed by atoms with Gasteiger partial charge < -0.3 is 16.0 Å². The van der Waals surface area contributed by atoms with E-state index in [1.807, 2.05) is 13.8 Å². The van der Waals surface area contributed by atoms with Crippen molar-refractivity contribution in [2.24, 2.45) is 5.73 Å². The summed E-state index contributed by atoms with van der Waals surface area (Å²) in [6.45, 7) is 4.01. The van der Waals surface area contributed by atoms with Crippen molar-refractivity contribution in [3.8, 4) is 0 Å². The quantitative estimate of drug-likeness (QED) is 0.676. The average molecular weight is 224 g/mol. The van der Waals surface area contributed by atoms with E-state index in [1.165, 1.54) is 0 Å². The Labute approximate surface area is 95.8 Å². The van der Waals surface area contributed by atoms with Gasteiger partial charge in [0.15, 0.2) is 0 Å². The van der Waals surface area contributed by atoms with Gasteiger partial charge in [-0.15, -0.1) is 0 Å². The molecular weight excluding hydrogens is 204 g/mol. The van der Waals surface area contributed by atoms with Crippen LogP contribution in [-0.4, -0.2) is 21.9 Å². The molecule has 5 heteroatoms. The lowest BCUT2D eigenvalue weighted by atomic mass is 10.1. The first kappa shape index (κ1) is 12.7. The predicted octanol–water partition coefficient (Wildman–Crippen LogP) is 1.10. The molecule has 0 bridgehead atoms. The van der Waals surface area contributed by atoms with E-state index in [9.17, 15) is 4.79 Å². The topological polar surface area (TPSA) is 83.8 Å². The maximum absolute atomic E-state index is 11.7. The van der Waals surface area contributed by atoms with Crippen LogP contribution in [-0.2, 0) is 4.79 Å². The van der Waals surface area contributed by atoms with E-state index in [-0.39, 0.29) is 11.9 Å². The number of carbonyl (C=O) groups is 1. The van der Waals surface area contributed by atoms with Crippen molar-refractivity contribution >= 4 is 5.91 Å². The van der Waals surface area contributed by atoms with Gasteiger partial charge in [0.05, 0.1) is 12.1 Å². The van der Waals surface area contributed by atoms with E-state index < -0.39 is 6.04 Å². The summed E-state index contributed by atoms with van der Waals surface area (Å²) in [5.74, 6) is 0.671. The summed E-state index contributed by atoms with van der Waals surface area (Å²) in [5.41, 5.74) is 5.74. The molecule has 0 saturated carbocycles. The van der Waals surface area contributed by atoms with Gasteiger partial charge in [0.1, 0.15) is 5.82 Å². The van der Waals surface area contributed by atoms with Crippen LogP contribution < -0.4 is 11.1 Å². The van der Waals surface area contributed by atoms with Crippen LogP contribution in [0.1, 0.15) is 45.0 Å². The van der Waals surface area contributed by atoms with Crippen LogP contribution >= 0.6 is 0 Å². The molecular formula is C11H20N4O. The van der Waals surface area contributed by atoms with Gasteiger partial charge in [-0.05, 0) is 12.8 Å². The number of hydrogen-bond donors (Lipinski definition) is 3. The van der Waals surface area contributed by atoms with Crippen LogP contribution in [0, 0.1) is 0 Å². The molecule has 1 aromatic rings. The fraction of sp³-hybridized carbons (Fsp3) is 0.636. The van der Waals surface area contributed by atoms with E-state index in [1.54, 1.807) is 12.4 Å². The molecule has 1 rings (SSSR count). The third-order valence-corrected chi connectivity index (χ3v) is 2.51. The largest absolute Gasteiger partial charge is 0.347 e. The second kappa shape index (κ2) is 6.27. The number of H-pyrrole nitrogens is 1. The Morgan fingerprint density at radius 1 is 1.62 bits per heavy atom. The number of nitrogens with one attached hydrogen (secondary N) is 2. The standard InChI is InChI=1S/C11H20N4O/c1-3-5-8(12)11(16)15-9(4-2)10-13-6-7-14-10/h6-9H,3-5,12H2,1-2H3,(H,13,14)(H,15,16)/t8-,9?/m0/s1. The number of aromatic nitrogens is 2. The molecule has 0 aliphatic rings. The molecule has 1 heterocycles. The van der Waals surface area contributed by atoms with Crippen molar-refractivity contribution in [1.29, 1.82) is 0 Å². The van der Waals surface area contributed by atoms with Gasteiger partial charge in [-0.3, -0.25) is 4.79 Å². The van der Waals surface area contributed by atoms with Gasteiger partial charge in [-0.25, -0.2) is 4.98 Å². The number of hydrogen-bond acceptors (Lipinski definition) is 3. The molecule has 1 amide bonds. The Balaban J connectivity index is 2.54. The Morgan fingerprint density at radius 2 is 2.38 bits per heavy atom. The summed E-state index contributed by atoms with van der Waals surface area (Å²) in [5, 5.41) is 2.90. The minimum atomic E-state index is -0.422. The van der Waals surface area contributed by atoms with E-state index in [4.69, 9.17) is 5.73 Å². The Hall–Kier alpha value is -1.36. The molecule has 5 nitrogen and oxygen atoms in total. The number of aromatic amines is 1. The van der Waals surface area contributed by atoms with Gasteiger partial charge in [-0.1, -0.05) is 20.3 Å². The molecule has 0 aliphatic heterocycles. The Kier molecular flexibility index (Phi) is 4.98. The van der Waals surface area contributed by atoms with Crippen molar-refractivity contribution in [2.75, 3.05) is 0 Å². The molecule has 0 radical (unpaired) electrons. The fourth-order valence-electron chi connectivity index (χ4n) is 1.55. The number of nitrogens with zero attached hydrogens (tertiary/aromatic N) is 1. The highest BCUT2D eigenvalue weighted by Crippen LogP contribution is 2.11. The van der Waals surface area contributed by atoms with Gasteiger partial charge in [0.2, 0.25) is 5.91 Å². The zero-order valence-electron chi connectivity index (χ0n) is 9.86. The second-order valence-electron chi connectivity index (χ2n) is 3.84. The maximum atomic E-state index is 11.7. The Bertz CT molecular complexity index is 310. The lowest BCUT2D eigenvalue weighted by molar-refractivity contribution is -0.123. The van der Waals surface area contributed by atoms with Crippen LogP contribution in [0.25, 0.3) is 0 Å². The SMILES string of the molecule is CCC[C@H](N)C(=O)NC(CC)c1ncc[nH]1. The van der Waals surface area contributed by atoms with Crippen molar-refractivity contribution < 1.29 is 4.79 Å². The minimum absolute atomic E-state index is 0.0783. The van der Waals surface area contributed by atoms with Crippen LogP contribution in [0.4, 0.5) is 0 Å². The van der Waals surface area contributed by atoms with Gasteiger partial charge >= 0.3 is 0 Å². The molecule has 0 aliphatic carbocycles. The fourth-order valence-corrected chi connectivity index (χ4v) is 1.55. The molecule has 4 N–H and O–H groups in total. The number of carbonyl (C=O) groups excluding carboxylic acids is 1. The normalized spacial score (nSPS) is 14.4. The summed E-state index contributed by atoms with van der Waals surface area (Å²) >= 11 is 0. The van der Waals surface area contributed by atoms with Gasteiger partial charge in [0.25, 0.3) is 0 Å². The highest BCUT2D eigenvalue weighted by molar-refractivity contribution is 5.81. The van der Waals surface area contributed by atoms with E-state index in [2.05, 4.69) is 15.3 Å². The second-order valence-corrected chi connectivity index (χ2v) is 3.84. The monoisotopic (exact) mass is 224 g/mol. The molecule has 1 aromatic heterocycles. The van der Waals surface area contributed by atoms with Gasteiger partial charge in [-0.2, -0.15) is 0 Å². The first-order valence-corrected chi connectivity index (χ1v) is 5.74. The first-order valence-electron chi connectivity index (χ1n) is 5.74.